The Balaban J connectivity index is 1.92. The van der Waals surface area contributed by atoms with Gasteiger partial charge in [-0.15, -0.1) is 0 Å². The first-order valence-electron chi connectivity index (χ1n) is 8.76. The monoisotopic (exact) mass is 382 g/mol. The normalized spacial score (nSPS) is 12.4. The smallest absolute Gasteiger partial charge is 0.329 e. The number of carbonyl (C=O) groups is 4. The lowest BCUT2D eigenvalue weighted by Crippen LogP contribution is -2.41. The lowest BCUT2D eigenvalue weighted by Gasteiger charge is -2.17. The molecule has 146 valence electrons. The van der Waals surface area contributed by atoms with Crippen molar-refractivity contribution in [1.29, 1.82) is 0 Å². The number of ketones is 1. The molecule has 0 fully saturated rings. The first-order valence-corrected chi connectivity index (χ1v) is 8.76. The Morgan fingerprint density at radius 2 is 1.46 bits per heavy atom. The van der Waals surface area contributed by atoms with Crippen LogP contribution in [0, 0.1) is 0 Å². The van der Waals surface area contributed by atoms with Crippen molar-refractivity contribution in [3.8, 4) is 0 Å². The Hall–Kier alpha value is -3.48. The van der Waals surface area contributed by atoms with E-state index in [2.05, 4.69) is 10.6 Å². The van der Waals surface area contributed by atoms with Crippen LogP contribution >= 0.6 is 0 Å². The first kappa shape index (κ1) is 20.8. The van der Waals surface area contributed by atoms with Crippen molar-refractivity contribution in [2.45, 2.75) is 32.9 Å². The first-order chi connectivity index (χ1) is 13.3. The SMILES string of the molecule is CC(=O)Nc1ccc(C(=O)[C@@H](C)OC(=O)[C@H](C)NC(=O)c2ccccc2)cc1. The van der Waals surface area contributed by atoms with Gasteiger partial charge in [0.05, 0.1) is 0 Å². The zero-order valence-corrected chi connectivity index (χ0v) is 15.9. The van der Waals surface area contributed by atoms with Gasteiger partial charge in [0.1, 0.15) is 6.04 Å². The largest absolute Gasteiger partial charge is 0.453 e. The molecule has 2 rings (SSSR count). The fourth-order valence-corrected chi connectivity index (χ4v) is 2.41. The number of amides is 2. The van der Waals surface area contributed by atoms with E-state index in [1.165, 1.54) is 20.8 Å². The molecule has 0 aliphatic rings. The van der Waals surface area contributed by atoms with Crippen LogP contribution in [0.3, 0.4) is 0 Å². The molecule has 2 N–H and O–H groups in total. The van der Waals surface area contributed by atoms with Gasteiger partial charge in [-0.1, -0.05) is 18.2 Å². The van der Waals surface area contributed by atoms with E-state index in [1.807, 2.05) is 0 Å². The van der Waals surface area contributed by atoms with Crippen molar-refractivity contribution < 1.29 is 23.9 Å². The van der Waals surface area contributed by atoms with Gasteiger partial charge in [0.2, 0.25) is 11.7 Å². The molecular formula is C21H22N2O5. The van der Waals surface area contributed by atoms with Crippen molar-refractivity contribution in [2.24, 2.45) is 0 Å². The van der Waals surface area contributed by atoms with E-state index < -0.39 is 24.0 Å². The molecule has 2 aromatic rings. The molecule has 0 radical (unpaired) electrons. The standard InChI is InChI=1S/C21H22N2O5/c1-13(22-20(26)17-7-5-4-6-8-17)21(27)28-14(2)19(25)16-9-11-18(12-10-16)23-15(3)24/h4-14H,1-3H3,(H,22,26)(H,23,24)/t13-,14+/m0/s1. The molecule has 0 bridgehead atoms. The fourth-order valence-electron chi connectivity index (χ4n) is 2.41. The molecule has 2 amide bonds. The van der Waals surface area contributed by atoms with Gasteiger partial charge in [0, 0.05) is 23.7 Å². The fraction of sp³-hybridized carbons (Fsp3) is 0.238. The van der Waals surface area contributed by atoms with Crippen molar-refractivity contribution in [3.63, 3.8) is 0 Å². The molecular weight excluding hydrogens is 360 g/mol. The van der Waals surface area contributed by atoms with Crippen molar-refractivity contribution >= 4 is 29.3 Å². The molecule has 0 saturated carbocycles. The molecule has 2 atom stereocenters. The number of esters is 1. The highest BCUT2D eigenvalue weighted by molar-refractivity contribution is 6.01. The number of nitrogens with one attached hydrogen (secondary N) is 2. The summed E-state index contributed by atoms with van der Waals surface area (Å²) < 4.78 is 5.19. The molecule has 0 aromatic heterocycles. The third kappa shape index (κ3) is 5.77. The number of rotatable bonds is 7. The van der Waals surface area contributed by atoms with Crippen LogP contribution < -0.4 is 10.6 Å². The van der Waals surface area contributed by atoms with E-state index in [4.69, 9.17) is 4.74 Å². The van der Waals surface area contributed by atoms with E-state index in [1.54, 1.807) is 54.6 Å². The van der Waals surface area contributed by atoms with Crippen molar-refractivity contribution in [1.82, 2.24) is 5.32 Å². The van der Waals surface area contributed by atoms with Crippen LogP contribution in [0.2, 0.25) is 0 Å². The van der Waals surface area contributed by atoms with Gasteiger partial charge in [0.25, 0.3) is 5.91 Å². The third-order valence-corrected chi connectivity index (χ3v) is 3.89. The van der Waals surface area contributed by atoms with Crippen molar-refractivity contribution in [3.05, 3.63) is 65.7 Å². The summed E-state index contributed by atoms with van der Waals surface area (Å²) in [5.74, 6) is -1.71. The minimum Gasteiger partial charge on any atom is -0.453 e. The Morgan fingerprint density at radius 1 is 0.857 bits per heavy atom. The highest BCUT2D eigenvalue weighted by Crippen LogP contribution is 2.13. The maximum Gasteiger partial charge on any atom is 0.329 e. The van der Waals surface area contributed by atoms with Crippen LogP contribution in [0.4, 0.5) is 5.69 Å². The number of hydrogen-bond donors (Lipinski definition) is 2. The minimum atomic E-state index is -1.02. The Bertz CT molecular complexity index is 862. The number of carbonyl (C=O) groups excluding carboxylic acids is 4. The second kappa shape index (κ2) is 9.45. The van der Waals surface area contributed by atoms with Crippen LogP contribution in [0.25, 0.3) is 0 Å². The maximum atomic E-state index is 12.4. The summed E-state index contributed by atoms with van der Waals surface area (Å²) in [4.78, 5) is 47.7. The molecule has 7 nitrogen and oxygen atoms in total. The van der Waals surface area contributed by atoms with Gasteiger partial charge in [-0.25, -0.2) is 4.79 Å². The van der Waals surface area contributed by atoms with Gasteiger partial charge >= 0.3 is 5.97 Å². The lowest BCUT2D eigenvalue weighted by atomic mass is 10.1. The number of anilines is 1. The van der Waals surface area contributed by atoms with E-state index in [-0.39, 0.29) is 11.7 Å². The summed E-state index contributed by atoms with van der Waals surface area (Å²) in [6.45, 7) is 4.34. The molecule has 0 aliphatic heterocycles. The highest BCUT2D eigenvalue weighted by Gasteiger charge is 2.24. The Morgan fingerprint density at radius 3 is 2.04 bits per heavy atom. The number of Topliss-reactive ketones (excluding diaryl/α,β-unsaturated/α-hetero) is 1. The molecule has 0 saturated heterocycles. The van der Waals surface area contributed by atoms with Gasteiger partial charge in [-0.05, 0) is 50.2 Å². The Labute approximate surface area is 163 Å². The Kier molecular flexibility index (Phi) is 7.03. The second-order valence-corrected chi connectivity index (χ2v) is 6.26. The van der Waals surface area contributed by atoms with E-state index >= 15 is 0 Å². The van der Waals surface area contributed by atoms with Crippen molar-refractivity contribution in [2.75, 3.05) is 5.32 Å². The van der Waals surface area contributed by atoms with Crippen LogP contribution in [0.15, 0.2) is 54.6 Å². The molecule has 0 aliphatic carbocycles. The quantitative estimate of drug-likeness (QED) is 0.566. The number of ether oxygens (including phenoxy) is 1. The van der Waals surface area contributed by atoms with E-state index in [0.29, 0.717) is 16.8 Å². The van der Waals surface area contributed by atoms with Gasteiger partial charge in [0.15, 0.2) is 6.10 Å². The molecule has 28 heavy (non-hydrogen) atoms. The molecule has 7 heteroatoms. The average molecular weight is 382 g/mol. The number of hydrogen-bond acceptors (Lipinski definition) is 5. The molecule has 0 unspecified atom stereocenters. The highest BCUT2D eigenvalue weighted by atomic mass is 16.5. The summed E-state index contributed by atoms with van der Waals surface area (Å²) in [5, 5.41) is 5.14. The predicted octanol–water partition coefficient (Wildman–Crippen LogP) is 2.58. The van der Waals surface area contributed by atoms with Crippen LogP contribution in [0.1, 0.15) is 41.5 Å². The summed E-state index contributed by atoms with van der Waals surface area (Å²) in [7, 11) is 0. The van der Waals surface area contributed by atoms with E-state index in [0.717, 1.165) is 0 Å². The molecule has 2 aromatic carbocycles. The van der Waals surface area contributed by atoms with Gasteiger partial charge < -0.3 is 15.4 Å². The van der Waals surface area contributed by atoms with Crippen LogP contribution in [-0.4, -0.2) is 35.7 Å². The predicted molar refractivity (Wildman–Crippen MR) is 104 cm³/mol. The van der Waals surface area contributed by atoms with E-state index in [9.17, 15) is 19.2 Å². The van der Waals surface area contributed by atoms with Crippen LogP contribution in [-0.2, 0) is 14.3 Å². The summed E-state index contributed by atoms with van der Waals surface area (Å²) in [5.41, 5.74) is 1.33. The zero-order chi connectivity index (χ0) is 20.7. The zero-order valence-electron chi connectivity index (χ0n) is 15.9. The van der Waals surface area contributed by atoms with Gasteiger partial charge in [-0.3, -0.25) is 14.4 Å². The lowest BCUT2D eigenvalue weighted by molar-refractivity contribution is -0.148. The molecule has 0 spiro atoms. The van der Waals surface area contributed by atoms with Gasteiger partial charge in [-0.2, -0.15) is 0 Å². The minimum absolute atomic E-state index is 0.215. The summed E-state index contributed by atoms with van der Waals surface area (Å²) in [6, 6.07) is 13.8. The average Bonchev–Trinajstić information content (AvgIpc) is 2.68. The topological polar surface area (TPSA) is 102 Å². The summed E-state index contributed by atoms with van der Waals surface area (Å²) in [6.07, 6.45) is -1.02. The summed E-state index contributed by atoms with van der Waals surface area (Å²) >= 11 is 0. The van der Waals surface area contributed by atoms with Crippen LogP contribution in [0.5, 0.6) is 0 Å². The second-order valence-electron chi connectivity index (χ2n) is 6.26. The third-order valence-electron chi connectivity index (χ3n) is 3.89. The molecule has 0 heterocycles. The number of benzene rings is 2. The maximum absolute atomic E-state index is 12.4.